The van der Waals surface area contributed by atoms with Crippen LogP contribution in [0.25, 0.3) is 11.3 Å². The molecule has 1 aromatic carbocycles. The summed E-state index contributed by atoms with van der Waals surface area (Å²) in [4.78, 5) is 7.85. The summed E-state index contributed by atoms with van der Waals surface area (Å²) in [5.41, 5.74) is 11.6. The zero-order valence-electron chi connectivity index (χ0n) is 10.8. The normalized spacial score (nSPS) is 12.8. The summed E-state index contributed by atoms with van der Waals surface area (Å²) >= 11 is 0. The van der Waals surface area contributed by atoms with Crippen molar-refractivity contribution < 1.29 is 0 Å². The van der Waals surface area contributed by atoms with Crippen molar-refractivity contribution >= 4 is 0 Å². The first-order valence-electron chi connectivity index (χ1n) is 5.88. The van der Waals surface area contributed by atoms with Gasteiger partial charge in [0, 0.05) is 11.3 Å². The first kappa shape index (κ1) is 11.9. The van der Waals surface area contributed by atoms with Crippen LogP contribution in [-0.2, 0) is 0 Å². The molecular formula is C14H19N3. The van der Waals surface area contributed by atoms with Crippen LogP contribution in [0, 0.1) is 20.8 Å². The number of aromatic nitrogens is 2. The molecule has 1 atom stereocenters. The molecule has 0 spiro atoms. The number of rotatable bonds is 2. The molecule has 3 heteroatoms. The summed E-state index contributed by atoms with van der Waals surface area (Å²) in [6.45, 7) is 8.17. The number of benzene rings is 1. The molecule has 0 aliphatic heterocycles. The summed E-state index contributed by atoms with van der Waals surface area (Å²) in [5, 5.41) is 0. The molecule has 0 saturated heterocycles. The molecule has 3 nitrogen and oxygen atoms in total. The molecule has 0 aliphatic rings. The lowest BCUT2D eigenvalue weighted by Gasteiger charge is -2.05. The van der Waals surface area contributed by atoms with Gasteiger partial charge in [-0.3, -0.25) is 0 Å². The van der Waals surface area contributed by atoms with Crippen LogP contribution in [-0.4, -0.2) is 9.97 Å². The van der Waals surface area contributed by atoms with E-state index in [0.717, 1.165) is 17.2 Å². The van der Waals surface area contributed by atoms with Crippen molar-refractivity contribution in [2.75, 3.05) is 0 Å². The summed E-state index contributed by atoms with van der Waals surface area (Å²) in [6.07, 6.45) is 0. The Morgan fingerprint density at radius 3 is 2.53 bits per heavy atom. The molecule has 2 aromatic rings. The van der Waals surface area contributed by atoms with Crippen LogP contribution in [0.3, 0.4) is 0 Å². The fourth-order valence-corrected chi connectivity index (χ4v) is 1.95. The second-order valence-electron chi connectivity index (χ2n) is 4.70. The van der Waals surface area contributed by atoms with Crippen molar-refractivity contribution in [2.45, 2.75) is 33.7 Å². The number of nitrogens with one attached hydrogen (secondary N) is 1. The Bertz CT molecular complexity index is 538. The highest BCUT2D eigenvalue weighted by atomic mass is 15.0. The highest BCUT2D eigenvalue weighted by Crippen LogP contribution is 2.26. The largest absolute Gasteiger partial charge is 0.344 e. The van der Waals surface area contributed by atoms with Gasteiger partial charge in [0.2, 0.25) is 0 Å². The predicted molar refractivity (Wildman–Crippen MR) is 70.8 cm³/mol. The van der Waals surface area contributed by atoms with Gasteiger partial charge < -0.3 is 10.7 Å². The second kappa shape index (κ2) is 4.34. The molecule has 0 aliphatic carbocycles. The molecule has 0 bridgehead atoms. The van der Waals surface area contributed by atoms with E-state index in [0.29, 0.717) is 0 Å². The van der Waals surface area contributed by atoms with Gasteiger partial charge in [-0.15, -0.1) is 0 Å². The molecule has 17 heavy (non-hydrogen) atoms. The third-order valence-electron chi connectivity index (χ3n) is 2.98. The van der Waals surface area contributed by atoms with Crippen molar-refractivity contribution in [3.8, 4) is 11.3 Å². The van der Waals surface area contributed by atoms with Crippen molar-refractivity contribution in [3.63, 3.8) is 0 Å². The molecule has 3 N–H and O–H groups in total. The number of aryl methyl sites for hydroxylation is 3. The van der Waals surface area contributed by atoms with Crippen LogP contribution in [0.4, 0.5) is 0 Å². The minimum absolute atomic E-state index is 0.0624. The highest BCUT2D eigenvalue weighted by molar-refractivity contribution is 5.66. The lowest BCUT2D eigenvalue weighted by Crippen LogP contribution is -2.06. The molecule has 1 aromatic heterocycles. The number of imidazole rings is 1. The standard InChI is InChI=1S/C14H19N3/c1-8-5-6-9(2)12(7-8)13-11(4)16-14(17-13)10(3)15/h5-7,10H,15H2,1-4H3,(H,16,17). The second-order valence-corrected chi connectivity index (χ2v) is 4.70. The van der Waals surface area contributed by atoms with Crippen LogP contribution in [0.1, 0.15) is 35.6 Å². The lowest BCUT2D eigenvalue weighted by molar-refractivity contribution is 0.754. The SMILES string of the molecule is Cc1ccc(C)c(-c2nc(C(C)N)[nH]c2C)c1. The average molecular weight is 229 g/mol. The first-order valence-corrected chi connectivity index (χ1v) is 5.88. The predicted octanol–water partition coefficient (Wildman–Crippen LogP) is 3.02. The number of hydrogen-bond donors (Lipinski definition) is 2. The maximum atomic E-state index is 5.85. The summed E-state index contributed by atoms with van der Waals surface area (Å²) in [5.74, 6) is 0.846. The number of H-pyrrole nitrogens is 1. The lowest BCUT2D eigenvalue weighted by atomic mass is 10.0. The van der Waals surface area contributed by atoms with E-state index < -0.39 is 0 Å². The van der Waals surface area contributed by atoms with Crippen molar-refractivity contribution in [2.24, 2.45) is 5.73 Å². The van der Waals surface area contributed by atoms with Gasteiger partial charge in [0.05, 0.1) is 11.7 Å². The Balaban J connectivity index is 2.56. The molecule has 0 amide bonds. The molecule has 1 unspecified atom stereocenters. The van der Waals surface area contributed by atoms with E-state index >= 15 is 0 Å². The van der Waals surface area contributed by atoms with Crippen LogP contribution in [0.5, 0.6) is 0 Å². The summed E-state index contributed by atoms with van der Waals surface area (Å²) < 4.78 is 0. The topological polar surface area (TPSA) is 54.7 Å². The van der Waals surface area contributed by atoms with Crippen LogP contribution in [0.2, 0.25) is 0 Å². The summed E-state index contributed by atoms with van der Waals surface area (Å²) in [7, 11) is 0. The van der Waals surface area contributed by atoms with E-state index in [1.807, 2.05) is 13.8 Å². The fourth-order valence-electron chi connectivity index (χ4n) is 1.95. The zero-order chi connectivity index (χ0) is 12.6. The Hall–Kier alpha value is -1.61. The zero-order valence-corrected chi connectivity index (χ0v) is 10.8. The van der Waals surface area contributed by atoms with E-state index in [4.69, 9.17) is 5.73 Å². The van der Waals surface area contributed by atoms with Gasteiger partial charge in [-0.25, -0.2) is 4.98 Å². The van der Waals surface area contributed by atoms with E-state index in [2.05, 4.69) is 42.0 Å². The number of aromatic amines is 1. The van der Waals surface area contributed by atoms with E-state index in [1.165, 1.54) is 16.7 Å². The van der Waals surface area contributed by atoms with Gasteiger partial charge in [-0.1, -0.05) is 17.7 Å². The van der Waals surface area contributed by atoms with Crippen LogP contribution < -0.4 is 5.73 Å². The van der Waals surface area contributed by atoms with Gasteiger partial charge in [0.1, 0.15) is 5.82 Å². The molecule has 0 radical (unpaired) electrons. The minimum Gasteiger partial charge on any atom is -0.344 e. The summed E-state index contributed by atoms with van der Waals surface area (Å²) in [6, 6.07) is 6.36. The Labute approximate surface area is 102 Å². The van der Waals surface area contributed by atoms with Crippen LogP contribution in [0.15, 0.2) is 18.2 Å². The minimum atomic E-state index is -0.0624. The van der Waals surface area contributed by atoms with Crippen molar-refractivity contribution in [1.29, 1.82) is 0 Å². The average Bonchev–Trinajstić information content (AvgIpc) is 2.64. The molecule has 1 heterocycles. The Morgan fingerprint density at radius 1 is 1.24 bits per heavy atom. The third-order valence-corrected chi connectivity index (χ3v) is 2.98. The van der Waals surface area contributed by atoms with E-state index in [-0.39, 0.29) is 6.04 Å². The monoisotopic (exact) mass is 229 g/mol. The van der Waals surface area contributed by atoms with Gasteiger partial charge >= 0.3 is 0 Å². The number of nitrogens with two attached hydrogens (primary N) is 1. The smallest absolute Gasteiger partial charge is 0.123 e. The Kier molecular flexibility index (Phi) is 3.03. The number of nitrogens with zero attached hydrogens (tertiary/aromatic N) is 1. The van der Waals surface area contributed by atoms with Gasteiger partial charge in [-0.05, 0) is 39.3 Å². The molecular weight excluding hydrogens is 210 g/mol. The first-order chi connectivity index (χ1) is 7.99. The number of hydrogen-bond acceptors (Lipinski definition) is 2. The van der Waals surface area contributed by atoms with Gasteiger partial charge in [0.25, 0.3) is 0 Å². The molecule has 0 saturated carbocycles. The van der Waals surface area contributed by atoms with Crippen molar-refractivity contribution in [3.05, 3.63) is 40.8 Å². The molecule has 90 valence electrons. The van der Waals surface area contributed by atoms with E-state index in [9.17, 15) is 0 Å². The van der Waals surface area contributed by atoms with Gasteiger partial charge in [-0.2, -0.15) is 0 Å². The van der Waals surface area contributed by atoms with Gasteiger partial charge in [0.15, 0.2) is 0 Å². The Morgan fingerprint density at radius 2 is 1.94 bits per heavy atom. The quantitative estimate of drug-likeness (QED) is 0.831. The fraction of sp³-hybridized carbons (Fsp3) is 0.357. The molecule has 0 fully saturated rings. The highest BCUT2D eigenvalue weighted by Gasteiger charge is 2.13. The van der Waals surface area contributed by atoms with Crippen molar-refractivity contribution in [1.82, 2.24) is 9.97 Å². The molecule has 2 rings (SSSR count). The van der Waals surface area contributed by atoms with E-state index in [1.54, 1.807) is 0 Å². The maximum absolute atomic E-state index is 5.85. The van der Waals surface area contributed by atoms with Crippen LogP contribution >= 0.6 is 0 Å². The maximum Gasteiger partial charge on any atom is 0.123 e. The third kappa shape index (κ3) is 2.24.